The van der Waals surface area contributed by atoms with E-state index in [1.807, 2.05) is 18.0 Å². The third-order valence-corrected chi connectivity index (χ3v) is 3.90. The number of amides is 1. The van der Waals surface area contributed by atoms with Crippen LogP contribution in [0.5, 0.6) is 0 Å². The average molecular weight is 278 g/mol. The highest BCUT2D eigenvalue weighted by atomic mass is 16.2. The molecular weight excluding hydrogens is 252 g/mol. The summed E-state index contributed by atoms with van der Waals surface area (Å²) in [4.78, 5) is 14.1. The lowest BCUT2D eigenvalue weighted by atomic mass is 9.97. The van der Waals surface area contributed by atoms with Gasteiger partial charge in [0.15, 0.2) is 0 Å². The van der Waals surface area contributed by atoms with Gasteiger partial charge in [-0.25, -0.2) is 0 Å². The van der Waals surface area contributed by atoms with E-state index in [1.165, 1.54) is 12.8 Å². The Morgan fingerprint density at radius 1 is 1.55 bits per heavy atom. The first-order valence-corrected chi connectivity index (χ1v) is 7.76. The first-order chi connectivity index (χ1) is 9.74. The Bertz CT molecular complexity index is 423. The normalized spacial score (nSPS) is 19.0. The summed E-state index contributed by atoms with van der Waals surface area (Å²) in [6.07, 6.45) is 5.32. The lowest BCUT2D eigenvalue weighted by molar-refractivity contribution is -0.131. The molecule has 1 fully saturated rings. The van der Waals surface area contributed by atoms with Gasteiger partial charge in [0.25, 0.3) is 0 Å². The van der Waals surface area contributed by atoms with Gasteiger partial charge in [-0.2, -0.15) is 5.10 Å². The number of piperidine rings is 1. The number of carbonyl (C=O) groups is 1. The van der Waals surface area contributed by atoms with Crippen molar-refractivity contribution in [2.45, 2.75) is 45.6 Å². The maximum absolute atomic E-state index is 12.2. The van der Waals surface area contributed by atoms with Gasteiger partial charge in [0.2, 0.25) is 5.91 Å². The molecule has 112 valence electrons. The second-order valence-corrected chi connectivity index (χ2v) is 5.45. The summed E-state index contributed by atoms with van der Waals surface area (Å²) in [6, 6.07) is 2.06. The summed E-state index contributed by atoms with van der Waals surface area (Å²) in [5.41, 5.74) is 1.11. The van der Waals surface area contributed by atoms with Gasteiger partial charge < -0.3 is 10.2 Å². The molecule has 0 aromatic carbocycles. The molecule has 5 heteroatoms. The number of hydrogen-bond acceptors (Lipinski definition) is 3. The monoisotopic (exact) mass is 278 g/mol. The van der Waals surface area contributed by atoms with Gasteiger partial charge in [0, 0.05) is 31.7 Å². The standard InChI is InChI=1S/C15H26N4O/c1-3-9-18(4-2)15(20)12-19-10-7-14(17-19)13-6-5-8-16-11-13/h7,10,13,16H,3-6,8-9,11-12H2,1-2H3. The molecule has 0 saturated carbocycles. The van der Waals surface area contributed by atoms with Gasteiger partial charge in [0.05, 0.1) is 5.69 Å². The van der Waals surface area contributed by atoms with Crippen LogP contribution in [0, 0.1) is 0 Å². The molecular formula is C15H26N4O. The molecule has 1 unspecified atom stereocenters. The van der Waals surface area contributed by atoms with E-state index in [4.69, 9.17) is 0 Å². The largest absolute Gasteiger partial charge is 0.341 e. The number of nitrogens with one attached hydrogen (secondary N) is 1. The Morgan fingerprint density at radius 3 is 3.05 bits per heavy atom. The molecule has 20 heavy (non-hydrogen) atoms. The third-order valence-electron chi connectivity index (χ3n) is 3.90. The molecule has 1 atom stereocenters. The van der Waals surface area contributed by atoms with Crippen LogP contribution in [0.2, 0.25) is 0 Å². The van der Waals surface area contributed by atoms with Crippen LogP contribution in [0.4, 0.5) is 0 Å². The summed E-state index contributed by atoms with van der Waals surface area (Å²) in [7, 11) is 0. The van der Waals surface area contributed by atoms with E-state index in [0.29, 0.717) is 12.5 Å². The molecule has 1 aliphatic heterocycles. The molecule has 2 heterocycles. The van der Waals surface area contributed by atoms with Crippen LogP contribution in [0.25, 0.3) is 0 Å². The van der Waals surface area contributed by atoms with Crippen LogP contribution in [0.1, 0.15) is 44.7 Å². The van der Waals surface area contributed by atoms with Gasteiger partial charge in [-0.3, -0.25) is 9.48 Å². The summed E-state index contributed by atoms with van der Waals surface area (Å²) < 4.78 is 1.78. The van der Waals surface area contributed by atoms with Crippen LogP contribution in [-0.2, 0) is 11.3 Å². The van der Waals surface area contributed by atoms with Crippen molar-refractivity contribution in [2.24, 2.45) is 0 Å². The van der Waals surface area contributed by atoms with E-state index >= 15 is 0 Å². The van der Waals surface area contributed by atoms with E-state index < -0.39 is 0 Å². The fourth-order valence-electron chi connectivity index (χ4n) is 2.76. The van der Waals surface area contributed by atoms with Crippen molar-refractivity contribution in [1.29, 1.82) is 0 Å². The first kappa shape index (κ1) is 15.0. The topological polar surface area (TPSA) is 50.2 Å². The van der Waals surface area contributed by atoms with Crippen molar-refractivity contribution in [3.63, 3.8) is 0 Å². The highest BCUT2D eigenvalue weighted by molar-refractivity contribution is 5.75. The number of carbonyl (C=O) groups excluding carboxylic acids is 1. The molecule has 1 aliphatic rings. The van der Waals surface area contributed by atoms with Gasteiger partial charge >= 0.3 is 0 Å². The van der Waals surface area contributed by atoms with Gasteiger partial charge in [0.1, 0.15) is 6.54 Å². The molecule has 1 N–H and O–H groups in total. The van der Waals surface area contributed by atoms with Crippen LogP contribution < -0.4 is 5.32 Å². The number of aromatic nitrogens is 2. The van der Waals surface area contributed by atoms with E-state index in [1.54, 1.807) is 4.68 Å². The highest BCUT2D eigenvalue weighted by Crippen LogP contribution is 2.21. The summed E-state index contributed by atoms with van der Waals surface area (Å²) >= 11 is 0. The van der Waals surface area contributed by atoms with Crippen molar-refractivity contribution >= 4 is 5.91 Å². The summed E-state index contributed by atoms with van der Waals surface area (Å²) in [6.45, 7) is 8.19. The second-order valence-electron chi connectivity index (χ2n) is 5.45. The van der Waals surface area contributed by atoms with Crippen LogP contribution in [-0.4, -0.2) is 46.8 Å². The zero-order chi connectivity index (χ0) is 14.4. The zero-order valence-corrected chi connectivity index (χ0v) is 12.6. The van der Waals surface area contributed by atoms with E-state index in [9.17, 15) is 4.79 Å². The third kappa shape index (κ3) is 3.82. The van der Waals surface area contributed by atoms with Crippen molar-refractivity contribution in [3.8, 4) is 0 Å². The quantitative estimate of drug-likeness (QED) is 0.860. The van der Waals surface area contributed by atoms with Gasteiger partial charge in [-0.15, -0.1) is 0 Å². The first-order valence-electron chi connectivity index (χ1n) is 7.76. The minimum atomic E-state index is 0.158. The predicted molar refractivity (Wildman–Crippen MR) is 79.6 cm³/mol. The van der Waals surface area contributed by atoms with Gasteiger partial charge in [-0.05, 0) is 38.8 Å². The smallest absolute Gasteiger partial charge is 0.244 e. The number of likely N-dealkylation sites (N-methyl/N-ethyl adjacent to an activating group) is 1. The Kier molecular flexibility index (Phi) is 5.59. The number of nitrogens with zero attached hydrogens (tertiary/aromatic N) is 3. The fraction of sp³-hybridized carbons (Fsp3) is 0.733. The molecule has 1 amide bonds. The van der Waals surface area contributed by atoms with Crippen LogP contribution >= 0.6 is 0 Å². The summed E-state index contributed by atoms with van der Waals surface area (Å²) in [5, 5.41) is 7.98. The Morgan fingerprint density at radius 2 is 2.40 bits per heavy atom. The minimum Gasteiger partial charge on any atom is -0.341 e. The maximum Gasteiger partial charge on any atom is 0.244 e. The number of rotatable bonds is 6. The summed E-state index contributed by atoms with van der Waals surface area (Å²) in [5.74, 6) is 0.656. The van der Waals surface area contributed by atoms with Crippen LogP contribution in [0.3, 0.4) is 0 Å². The molecule has 0 bridgehead atoms. The van der Waals surface area contributed by atoms with Crippen molar-refractivity contribution in [3.05, 3.63) is 18.0 Å². The lowest BCUT2D eigenvalue weighted by Gasteiger charge is -2.21. The number of hydrogen-bond donors (Lipinski definition) is 1. The fourth-order valence-corrected chi connectivity index (χ4v) is 2.76. The molecule has 2 rings (SSSR count). The van der Waals surface area contributed by atoms with E-state index in [-0.39, 0.29) is 5.91 Å². The molecule has 0 radical (unpaired) electrons. The Labute approximate surface area is 121 Å². The second kappa shape index (κ2) is 7.43. The van der Waals surface area contributed by atoms with Crippen molar-refractivity contribution < 1.29 is 4.79 Å². The average Bonchev–Trinajstić information content (AvgIpc) is 2.94. The molecule has 0 aliphatic carbocycles. The van der Waals surface area contributed by atoms with Crippen LogP contribution in [0.15, 0.2) is 12.3 Å². The molecule has 1 aromatic rings. The minimum absolute atomic E-state index is 0.158. The predicted octanol–water partition coefficient (Wildman–Crippen LogP) is 1.61. The lowest BCUT2D eigenvalue weighted by Crippen LogP contribution is -2.34. The van der Waals surface area contributed by atoms with E-state index in [0.717, 1.165) is 38.3 Å². The zero-order valence-electron chi connectivity index (χ0n) is 12.6. The van der Waals surface area contributed by atoms with Crippen molar-refractivity contribution in [2.75, 3.05) is 26.2 Å². The van der Waals surface area contributed by atoms with E-state index in [2.05, 4.69) is 23.4 Å². The molecule has 1 aromatic heterocycles. The Hall–Kier alpha value is -1.36. The SMILES string of the molecule is CCCN(CC)C(=O)Cn1ccc(C2CCCNC2)n1. The van der Waals surface area contributed by atoms with Gasteiger partial charge in [-0.1, -0.05) is 6.92 Å². The maximum atomic E-state index is 12.2. The Balaban J connectivity index is 1.93. The molecule has 1 saturated heterocycles. The van der Waals surface area contributed by atoms with Crippen molar-refractivity contribution in [1.82, 2.24) is 20.0 Å². The highest BCUT2D eigenvalue weighted by Gasteiger charge is 2.18. The molecule has 5 nitrogen and oxygen atoms in total. The molecule has 0 spiro atoms.